The van der Waals surface area contributed by atoms with Gasteiger partial charge in [-0.2, -0.15) is 0 Å². The Bertz CT molecular complexity index is 451. The van der Waals surface area contributed by atoms with Gasteiger partial charge in [-0.05, 0) is 24.3 Å². The average Bonchev–Trinajstić information content (AvgIpc) is 2.81. The van der Waals surface area contributed by atoms with E-state index in [1.54, 1.807) is 20.3 Å². The minimum Gasteiger partial charge on any atom is -0.493 e. The Labute approximate surface area is 98.2 Å². The molecule has 3 nitrogen and oxygen atoms in total. The molecule has 1 aromatic carbocycles. The summed E-state index contributed by atoms with van der Waals surface area (Å²) in [6.07, 6.45) is 0. The first-order chi connectivity index (χ1) is 7.83. The molecule has 0 saturated carbocycles. The second-order valence-corrected chi connectivity index (χ2v) is 3.83. The molecule has 0 spiro atoms. The van der Waals surface area contributed by atoms with Crippen LogP contribution in [0.4, 0.5) is 0 Å². The highest BCUT2D eigenvalue weighted by molar-refractivity contribution is 7.11. The minimum atomic E-state index is 0.653. The van der Waals surface area contributed by atoms with Gasteiger partial charge < -0.3 is 14.2 Å². The van der Waals surface area contributed by atoms with Gasteiger partial charge in [-0.3, -0.25) is 0 Å². The first-order valence-corrected chi connectivity index (χ1v) is 5.51. The molecule has 0 bridgehead atoms. The third kappa shape index (κ3) is 2.28. The third-order valence-electron chi connectivity index (χ3n) is 2.02. The van der Waals surface area contributed by atoms with Crippen molar-refractivity contribution in [2.75, 3.05) is 14.2 Å². The van der Waals surface area contributed by atoms with E-state index in [9.17, 15) is 0 Å². The molecule has 0 aliphatic heterocycles. The second-order valence-electron chi connectivity index (χ2n) is 2.99. The fourth-order valence-corrected chi connectivity index (χ4v) is 1.81. The van der Waals surface area contributed by atoms with Crippen molar-refractivity contribution in [1.82, 2.24) is 0 Å². The molecule has 4 heteroatoms. The number of hydrogen-bond acceptors (Lipinski definition) is 4. The quantitative estimate of drug-likeness (QED) is 0.813. The zero-order valence-electron chi connectivity index (χ0n) is 9.02. The second kappa shape index (κ2) is 4.90. The SMILES string of the molecule is COc1ccc(Oc2cc[c]s2)cc1OC. The Balaban J connectivity index is 2.22. The Morgan fingerprint density at radius 3 is 2.50 bits per heavy atom. The summed E-state index contributed by atoms with van der Waals surface area (Å²) in [6, 6.07) is 9.12. The van der Waals surface area contributed by atoms with Crippen molar-refractivity contribution in [2.24, 2.45) is 0 Å². The first-order valence-electron chi connectivity index (χ1n) is 4.69. The summed E-state index contributed by atoms with van der Waals surface area (Å²) in [5, 5.41) is 3.76. The van der Waals surface area contributed by atoms with Gasteiger partial charge in [-0.25, -0.2) is 0 Å². The van der Waals surface area contributed by atoms with Gasteiger partial charge >= 0.3 is 0 Å². The maximum atomic E-state index is 5.61. The van der Waals surface area contributed by atoms with Gasteiger partial charge in [0.1, 0.15) is 5.75 Å². The van der Waals surface area contributed by atoms with Gasteiger partial charge in [0, 0.05) is 11.4 Å². The van der Waals surface area contributed by atoms with E-state index < -0.39 is 0 Å². The Hall–Kier alpha value is -1.68. The predicted octanol–water partition coefficient (Wildman–Crippen LogP) is 3.36. The normalized spacial score (nSPS) is 9.88. The highest BCUT2D eigenvalue weighted by Crippen LogP contribution is 2.34. The van der Waals surface area contributed by atoms with Gasteiger partial charge in [-0.15, -0.1) is 0 Å². The molecule has 0 aliphatic rings. The molecule has 2 rings (SSSR count). The standard InChI is InChI=1S/C12H11O3S/c1-13-10-6-5-9(8-11(10)14-2)15-12-4-3-7-16-12/h3-6,8H,1-2H3. The summed E-state index contributed by atoms with van der Waals surface area (Å²) in [4.78, 5) is 0. The minimum absolute atomic E-state index is 0.653. The van der Waals surface area contributed by atoms with E-state index >= 15 is 0 Å². The van der Waals surface area contributed by atoms with Gasteiger partial charge in [0.05, 0.1) is 14.2 Å². The van der Waals surface area contributed by atoms with E-state index in [0.29, 0.717) is 17.2 Å². The van der Waals surface area contributed by atoms with Crippen LogP contribution < -0.4 is 14.2 Å². The Morgan fingerprint density at radius 2 is 1.88 bits per heavy atom. The molecule has 1 aromatic heterocycles. The number of benzene rings is 1. The molecule has 16 heavy (non-hydrogen) atoms. The van der Waals surface area contributed by atoms with Gasteiger partial charge in [0.2, 0.25) is 0 Å². The fourth-order valence-electron chi connectivity index (χ4n) is 1.28. The van der Waals surface area contributed by atoms with E-state index in [2.05, 4.69) is 5.38 Å². The molecule has 0 N–H and O–H groups in total. The van der Waals surface area contributed by atoms with E-state index in [4.69, 9.17) is 14.2 Å². The topological polar surface area (TPSA) is 27.7 Å². The molecular formula is C12H11O3S. The van der Waals surface area contributed by atoms with E-state index in [-0.39, 0.29) is 0 Å². The van der Waals surface area contributed by atoms with E-state index in [0.717, 1.165) is 5.06 Å². The maximum absolute atomic E-state index is 5.61. The Morgan fingerprint density at radius 1 is 1.06 bits per heavy atom. The van der Waals surface area contributed by atoms with E-state index in [1.165, 1.54) is 11.3 Å². The fraction of sp³-hybridized carbons (Fsp3) is 0.167. The van der Waals surface area contributed by atoms with Crippen LogP contribution >= 0.6 is 11.3 Å². The van der Waals surface area contributed by atoms with Crippen LogP contribution in [0, 0.1) is 5.38 Å². The van der Waals surface area contributed by atoms with Crippen LogP contribution in [0.2, 0.25) is 0 Å². The zero-order valence-corrected chi connectivity index (χ0v) is 9.84. The molecule has 0 aliphatic carbocycles. The van der Waals surface area contributed by atoms with Crippen LogP contribution in [0.15, 0.2) is 30.3 Å². The summed E-state index contributed by atoms with van der Waals surface area (Å²) in [5.41, 5.74) is 0. The molecule has 0 saturated heterocycles. The van der Waals surface area contributed by atoms with Crippen molar-refractivity contribution in [2.45, 2.75) is 0 Å². The van der Waals surface area contributed by atoms with Crippen molar-refractivity contribution in [3.05, 3.63) is 35.7 Å². The predicted molar refractivity (Wildman–Crippen MR) is 62.8 cm³/mol. The highest BCUT2D eigenvalue weighted by atomic mass is 32.1. The Kier molecular flexibility index (Phi) is 3.31. The van der Waals surface area contributed by atoms with Crippen LogP contribution in [0.1, 0.15) is 0 Å². The lowest BCUT2D eigenvalue weighted by atomic mass is 10.3. The number of hydrogen-bond donors (Lipinski definition) is 0. The zero-order chi connectivity index (χ0) is 11.4. The lowest BCUT2D eigenvalue weighted by Crippen LogP contribution is -1.91. The largest absolute Gasteiger partial charge is 0.493 e. The third-order valence-corrected chi connectivity index (χ3v) is 2.69. The number of thiophene rings is 1. The summed E-state index contributed by atoms with van der Waals surface area (Å²) < 4.78 is 15.9. The summed E-state index contributed by atoms with van der Waals surface area (Å²) >= 11 is 1.42. The summed E-state index contributed by atoms with van der Waals surface area (Å²) in [6.45, 7) is 0. The van der Waals surface area contributed by atoms with Crippen molar-refractivity contribution in [1.29, 1.82) is 0 Å². The molecule has 0 fully saturated rings. The molecule has 0 unspecified atom stereocenters. The molecule has 1 radical (unpaired) electrons. The van der Waals surface area contributed by atoms with Gasteiger partial charge in [0.15, 0.2) is 16.6 Å². The molecular weight excluding hydrogens is 224 g/mol. The van der Waals surface area contributed by atoms with Crippen LogP contribution in [0.5, 0.6) is 22.3 Å². The maximum Gasteiger partial charge on any atom is 0.181 e. The number of ether oxygens (including phenoxy) is 3. The van der Waals surface area contributed by atoms with Crippen molar-refractivity contribution < 1.29 is 14.2 Å². The molecule has 0 amide bonds. The van der Waals surface area contributed by atoms with Crippen LogP contribution in [0.3, 0.4) is 0 Å². The van der Waals surface area contributed by atoms with E-state index in [1.807, 2.05) is 24.3 Å². The van der Waals surface area contributed by atoms with Crippen LogP contribution in [-0.2, 0) is 0 Å². The van der Waals surface area contributed by atoms with Crippen molar-refractivity contribution >= 4 is 11.3 Å². The molecule has 83 valence electrons. The van der Waals surface area contributed by atoms with Crippen LogP contribution in [-0.4, -0.2) is 14.2 Å². The molecule has 1 heterocycles. The van der Waals surface area contributed by atoms with Crippen molar-refractivity contribution in [3.8, 4) is 22.3 Å². The van der Waals surface area contributed by atoms with Gasteiger partial charge in [-0.1, -0.05) is 11.3 Å². The monoisotopic (exact) mass is 235 g/mol. The first kappa shape index (κ1) is 10.8. The van der Waals surface area contributed by atoms with Crippen LogP contribution in [0.25, 0.3) is 0 Å². The lowest BCUT2D eigenvalue weighted by Gasteiger charge is -2.09. The number of methoxy groups -OCH3 is 2. The smallest absolute Gasteiger partial charge is 0.181 e. The summed E-state index contributed by atoms with van der Waals surface area (Å²) in [7, 11) is 3.20. The highest BCUT2D eigenvalue weighted by Gasteiger charge is 2.06. The van der Waals surface area contributed by atoms with Gasteiger partial charge in [0.25, 0.3) is 0 Å². The molecule has 0 atom stereocenters. The average molecular weight is 235 g/mol. The molecule has 2 aromatic rings. The number of rotatable bonds is 4. The lowest BCUT2D eigenvalue weighted by molar-refractivity contribution is 0.352. The summed E-state index contributed by atoms with van der Waals surface area (Å²) in [5.74, 6) is 2.06. The van der Waals surface area contributed by atoms with Crippen molar-refractivity contribution in [3.63, 3.8) is 0 Å².